The number of carboxylic acids is 1. The summed E-state index contributed by atoms with van der Waals surface area (Å²) in [6, 6.07) is 4.62. The summed E-state index contributed by atoms with van der Waals surface area (Å²) in [6.07, 6.45) is 0. The molecule has 1 aliphatic heterocycles. The predicted octanol–water partition coefficient (Wildman–Crippen LogP) is 2.31. The molecule has 2 aromatic rings. The Morgan fingerprint density at radius 2 is 2.36 bits per heavy atom. The first kappa shape index (κ1) is 15.4. The highest BCUT2D eigenvalue weighted by Crippen LogP contribution is 2.31. The zero-order chi connectivity index (χ0) is 15.7. The van der Waals surface area contributed by atoms with Crippen LogP contribution in [0.2, 0.25) is 0 Å². The van der Waals surface area contributed by atoms with Crippen molar-refractivity contribution in [3.05, 3.63) is 23.2 Å². The van der Waals surface area contributed by atoms with Gasteiger partial charge in [0.25, 0.3) is 0 Å². The molecule has 116 valence electrons. The van der Waals surface area contributed by atoms with Crippen molar-refractivity contribution >= 4 is 55.4 Å². The van der Waals surface area contributed by atoms with Crippen LogP contribution >= 0.6 is 23.1 Å². The van der Waals surface area contributed by atoms with Gasteiger partial charge in [-0.05, 0) is 12.1 Å². The molecule has 1 unspecified atom stereocenters. The summed E-state index contributed by atoms with van der Waals surface area (Å²) in [7, 11) is 0. The number of aliphatic carboxylic acids is 1. The number of thioether (sulfide) groups is 1. The van der Waals surface area contributed by atoms with Crippen LogP contribution < -0.4 is 4.18 Å². The van der Waals surface area contributed by atoms with Crippen LogP contribution in [-0.4, -0.2) is 42.9 Å². The van der Waals surface area contributed by atoms with E-state index in [0.29, 0.717) is 27.3 Å². The third-order valence-corrected chi connectivity index (χ3v) is 5.96. The van der Waals surface area contributed by atoms with Crippen molar-refractivity contribution in [1.82, 2.24) is 4.98 Å². The van der Waals surface area contributed by atoms with Gasteiger partial charge in [-0.3, -0.25) is 4.99 Å². The highest BCUT2D eigenvalue weighted by molar-refractivity contribution is 8.15. The standard InChI is InChI=1S/C13H12N2O4S3/c1-2-22(18)19-7-3-4-8-10(5-7)21-12(14-8)11-15-9(6-20-11)13(16)17/h3-5,9H,2,6H2,1H3,(H,16,17)/t9-,22?/m1/s1. The Hall–Kier alpha value is -1.45. The number of aromatic nitrogens is 1. The van der Waals surface area contributed by atoms with E-state index in [1.165, 1.54) is 23.1 Å². The number of carbonyl (C=O) groups is 1. The molecule has 0 bridgehead atoms. The smallest absolute Gasteiger partial charge is 0.329 e. The molecule has 0 saturated heterocycles. The van der Waals surface area contributed by atoms with Gasteiger partial charge in [0.05, 0.1) is 16.0 Å². The number of hydrogen-bond acceptors (Lipinski definition) is 7. The third-order valence-electron chi connectivity index (χ3n) is 2.90. The molecule has 0 saturated carbocycles. The average Bonchev–Trinajstić information content (AvgIpc) is 3.13. The molecule has 0 aliphatic carbocycles. The molecule has 1 aromatic carbocycles. The van der Waals surface area contributed by atoms with E-state index in [-0.39, 0.29) is 0 Å². The lowest BCUT2D eigenvalue weighted by Crippen LogP contribution is -2.17. The molecule has 2 atom stereocenters. The lowest BCUT2D eigenvalue weighted by atomic mass is 10.3. The van der Waals surface area contributed by atoms with Crippen molar-refractivity contribution in [3.8, 4) is 5.75 Å². The molecule has 1 aliphatic rings. The second-order valence-corrected chi connectivity index (χ2v) is 7.81. The zero-order valence-corrected chi connectivity index (χ0v) is 14.0. The zero-order valence-electron chi connectivity index (χ0n) is 11.5. The second-order valence-electron chi connectivity index (χ2n) is 4.42. The third kappa shape index (κ3) is 3.16. The number of thiazole rings is 1. The molecule has 22 heavy (non-hydrogen) atoms. The lowest BCUT2D eigenvalue weighted by molar-refractivity contribution is -0.137. The largest absolute Gasteiger partial charge is 0.480 e. The van der Waals surface area contributed by atoms with Gasteiger partial charge < -0.3 is 9.29 Å². The van der Waals surface area contributed by atoms with Crippen molar-refractivity contribution in [2.24, 2.45) is 4.99 Å². The first-order valence-electron chi connectivity index (χ1n) is 6.48. The van der Waals surface area contributed by atoms with Crippen LogP contribution in [0.1, 0.15) is 11.9 Å². The Kier molecular flexibility index (Phi) is 4.46. The molecule has 0 radical (unpaired) electrons. The number of nitrogens with zero attached hydrogens (tertiary/aromatic N) is 2. The predicted molar refractivity (Wildman–Crippen MR) is 89.4 cm³/mol. The molecule has 0 spiro atoms. The van der Waals surface area contributed by atoms with E-state index in [2.05, 4.69) is 9.98 Å². The van der Waals surface area contributed by atoms with Crippen molar-refractivity contribution in [2.75, 3.05) is 11.5 Å². The molecule has 1 aromatic heterocycles. The first-order chi connectivity index (χ1) is 10.6. The summed E-state index contributed by atoms with van der Waals surface area (Å²) in [5, 5.41) is 10.3. The number of fused-ring (bicyclic) bond motifs is 1. The van der Waals surface area contributed by atoms with E-state index in [9.17, 15) is 9.00 Å². The summed E-state index contributed by atoms with van der Waals surface area (Å²) in [6.45, 7) is 1.79. The maximum Gasteiger partial charge on any atom is 0.329 e. The van der Waals surface area contributed by atoms with Crippen LogP contribution in [0.15, 0.2) is 23.2 Å². The Bertz CT molecular complexity index is 787. The Morgan fingerprint density at radius 1 is 1.55 bits per heavy atom. The van der Waals surface area contributed by atoms with Gasteiger partial charge in [0.1, 0.15) is 15.8 Å². The fraction of sp³-hybridized carbons (Fsp3) is 0.308. The molecule has 6 nitrogen and oxygen atoms in total. The maximum absolute atomic E-state index is 11.4. The van der Waals surface area contributed by atoms with Gasteiger partial charge in [0.15, 0.2) is 6.04 Å². The maximum atomic E-state index is 11.4. The molecule has 3 rings (SSSR count). The van der Waals surface area contributed by atoms with Gasteiger partial charge in [0, 0.05) is 11.8 Å². The normalized spacial score (nSPS) is 19.1. The van der Waals surface area contributed by atoms with E-state index in [4.69, 9.17) is 9.29 Å². The number of aliphatic imine (C=N–C) groups is 1. The van der Waals surface area contributed by atoms with Crippen LogP contribution in [-0.2, 0) is 15.9 Å². The second kappa shape index (κ2) is 6.35. The lowest BCUT2D eigenvalue weighted by Gasteiger charge is -2.01. The monoisotopic (exact) mass is 356 g/mol. The highest BCUT2D eigenvalue weighted by Gasteiger charge is 2.26. The first-order valence-corrected chi connectivity index (χ1v) is 9.52. The topological polar surface area (TPSA) is 88.9 Å². The summed E-state index contributed by atoms with van der Waals surface area (Å²) in [4.78, 5) is 19.6. The van der Waals surface area contributed by atoms with Gasteiger partial charge in [-0.2, -0.15) is 0 Å². The fourth-order valence-corrected chi connectivity index (χ4v) is 4.36. The average molecular weight is 356 g/mol. The van der Waals surface area contributed by atoms with E-state index in [1.807, 2.05) is 0 Å². The van der Waals surface area contributed by atoms with Crippen molar-refractivity contribution in [1.29, 1.82) is 0 Å². The summed E-state index contributed by atoms with van der Waals surface area (Å²) in [5.41, 5.74) is 0.789. The Morgan fingerprint density at radius 3 is 3.05 bits per heavy atom. The van der Waals surface area contributed by atoms with E-state index < -0.39 is 23.1 Å². The van der Waals surface area contributed by atoms with Gasteiger partial charge in [-0.1, -0.05) is 6.92 Å². The minimum absolute atomic E-state index is 0.427. The highest BCUT2D eigenvalue weighted by atomic mass is 32.2. The van der Waals surface area contributed by atoms with Crippen LogP contribution in [0, 0.1) is 0 Å². The van der Waals surface area contributed by atoms with Gasteiger partial charge >= 0.3 is 5.97 Å². The van der Waals surface area contributed by atoms with Crippen molar-refractivity contribution in [3.63, 3.8) is 0 Å². The van der Waals surface area contributed by atoms with E-state index >= 15 is 0 Å². The number of benzene rings is 1. The van der Waals surface area contributed by atoms with E-state index in [0.717, 1.165) is 10.2 Å². The summed E-state index contributed by atoms with van der Waals surface area (Å²) < 4.78 is 17.6. The molecule has 0 amide bonds. The van der Waals surface area contributed by atoms with Crippen LogP contribution in [0.3, 0.4) is 0 Å². The fourth-order valence-electron chi connectivity index (χ4n) is 1.83. The molecule has 1 N–H and O–H groups in total. The Balaban J connectivity index is 1.89. The molecule has 2 heterocycles. The number of rotatable bonds is 5. The quantitative estimate of drug-likeness (QED) is 0.884. The van der Waals surface area contributed by atoms with Gasteiger partial charge in [-0.25, -0.2) is 14.0 Å². The van der Waals surface area contributed by atoms with Crippen molar-refractivity contribution < 1.29 is 18.3 Å². The summed E-state index contributed by atoms with van der Waals surface area (Å²) >= 11 is 1.49. The van der Waals surface area contributed by atoms with Crippen molar-refractivity contribution in [2.45, 2.75) is 13.0 Å². The Labute approximate surface area is 137 Å². The van der Waals surface area contributed by atoms with Crippen LogP contribution in [0.4, 0.5) is 0 Å². The van der Waals surface area contributed by atoms with Crippen LogP contribution in [0.5, 0.6) is 5.75 Å². The minimum atomic E-state index is -1.33. The summed E-state index contributed by atoms with van der Waals surface area (Å²) in [5.74, 6) is 0.481. The van der Waals surface area contributed by atoms with Crippen LogP contribution in [0.25, 0.3) is 10.2 Å². The number of hydrogen-bond donors (Lipinski definition) is 1. The van der Waals surface area contributed by atoms with Gasteiger partial charge in [0.2, 0.25) is 11.1 Å². The SMILES string of the molecule is CCS(=O)Oc1ccc2nc(C3=N[C@@H](C(=O)O)CS3)sc2c1. The molecular formula is C13H12N2O4S3. The van der Waals surface area contributed by atoms with Gasteiger partial charge in [-0.15, -0.1) is 23.1 Å². The molecule has 0 fully saturated rings. The molecular weight excluding hydrogens is 344 g/mol. The molecule has 9 heteroatoms. The number of carboxylic acid groups (broad SMARTS) is 1. The van der Waals surface area contributed by atoms with E-state index in [1.54, 1.807) is 25.1 Å². The minimum Gasteiger partial charge on any atom is -0.480 e.